The van der Waals surface area contributed by atoms with Crippen LogP contribution in [0.1, 0.15) is 12.6 Å². The number of anilines is 1. The molecule has 0 atom stereocenters. The lowest BCUT2D eigenvalue weighted by atomic mass is 10.3. The molecule has 0 aliphatic rings. The van der Waals surface area contributed by atoms with Gasteiger partial charge in [-0.2, -0.15) is 0 Å². The summed E-state index contributed by atoms with van der Waals surface area (Å²) in [6, 6.07) is 5.27. The summed E-state index contributed by atoms with van der Waals surface area (Å²) in [4.78, 5) is 19.7. The maximum Gasteiger partial charge on any atom is 0.253 e. The largest absolute Gasteiger partial charge is 0.385 e. The van der Waals surface area contributed by atoms with Crippen molar-refractivity contribution in [3.05, 3.63) is 53.0 Å². The lowest BCUT2D eigenvalue weighted by Gasteiger charge is -2.06. The first-order valence-electron chi connectivity index (χ1n) is 5.49. The normalized spacial score (nSPS) is 10.2. The Balaban J connectivity index is 2.21. The van der Waals surface area contributed by atoms with Gasteiger partial charge in [-0.25, -0.2) is 4.98 Å². The first-order chi connectivity index (χ1) is 8.29. The van der Waals surface area contributed by atoms with Gasteiger partial charge in [0.1, 0.15) is 0 Å². The highest BCUT2D eigenvalue weighted by molar-refractivity contribution is 5.42. The molecule has 0 aliphatic heterocycles. The second kappa shape index (κ2) is 5.25. The Kier molecular flexibility index (Phi) is 3.49. The van der Waals surface area contributed by atoms with E-state index in [-0.39, 0.29) is 5.56 Å². The molecule has 0 aliphatic carbocycles. The van der Waals surface area contributed by atoms with Gasteiger partial charge in [-0.3, -0.25) is 14.3 Å². The van der Waals surface area contributed by atoms with E-state index in [4.69, 9.17) is 0 Å². The third kappa shape index (κ3) is 2.90. The van der Waals surface area contributed by atoms with Crippen molar-refractivity contribution in [3.63, 3.8) is 0 Å². The zero-order valence-electron chi connectivity index (χ0n) is 9.63. The lowest BCUT2D eigenvalue weighted by molar-refractivity contribution is 0.719. The average Bonchev–Trinajstić information content (AvgIpc) is 2.33. The maximum absolute atomic E-state index is 11.5. The van der Waals surface area contributed by atoms with Crippen LogP contribution in [0.2, 0.25) is 0 Å². The minimum absolute atomic E-state index is 0.0735. The predicted molar refractivity (Wildman–Crippen MR) is 66.0 cm³/mol. The fraction of sp³-hybridized carbons (Fsp3) is 0.250. The molecule has 2 aromatic heterocycles. The summed E-state index contributed by atoms with van der Waals surface area (Å²) in [5.74, 6) is 0. The van der Waals surface area contributed by atoms with E-state index in [1.807, 2.05) is 19.1 Å². The van der Waals surface area contributed by atoms with E-state index in [1.165, 1.54) is 23.2 Å². The molecule has 5 heteroatoms. The van der Waals surface area contributed by atoms with Crippen LogP contribution < -0.4 is 10.9 Å². The summed E-state index contributed by atoms with van der Waals surface area (Å²) in [6.07, 6.45) is 4.74. The molecule has 0 radical (unpaired) electrons. The van der Waals surface area contributed by atoms with Gasteiger partial charge in [0.15, 0.2) is 0 Å². The Morgan fingerprint density at radius 2 is 2.24 bits per heavy atom. The Hall–Kier alpha value is -2.17. The highest BCUT2D eigenvalue weighted by Gasteiger charge is 2.00. The van der Waals surface area contributed by atoms with Crippen molar-refractivity contribution in [1.82, 2.24) is 14.5 Å². The minimum Gasteiger partial charge on any atom is -0.385 e. The Labute approximate surface area is 99.2 Å². The SMILES string of the molecule is CCNc1ccnc(Cn2cnccc2=O)c1. The van der Waals surface area contributed by atoms with Crippen molar-refractivity contribution in [2.24, 2.45) is 0 Å². The van der Waals surface area contributed by atoms with Crippen LogP contribution in [0.3, 0.4) is 0 Å². The second-order valence-corrected chi connectivity index (χ2v) is 3.61. The molecule has 0 unspecified atom stereocenters. The molecule has 88 valence electrons. The molecule has 0 bridgehead atoms. The lowest BCUT2D eigenvalue weighted by Crippen LogP contribution is -2.19. The smallest absolute Gasteiger partial charge is 0.253 e. The van der Waals surface area contributed by atoms with Crippen molar-refractivity contribution >= 4 is 5.69 Å². The van der Waals surface area contributed by atoms with E-state index in [9.17, 15) is 4.79 Å². The molecule has 2 rings (SSSR count). The number of aromatic nitrogens is 3. The third-order valence-electron chi connectivity index (χ3n) is 2.32. The minimum atomic E-state index is -0.0735. The number of nitrogens with one attached hydrogen (secondary N) is 1. The Morgan fingerprint density at radius 3 is 3.00 bits per heavy atom. The molecule has 0 spiro atoms. The van der Waals surface area contributed by atoms with Crippen LogP contribution in [0.15, 0.2) is 41.7 Å². The fourth-order valence-electron chi connectivity index (χ4n) is 1.55. The number of rotatable bonds is 4. The summed E-state index contributed by atoms with van der Waals surface area (Å²) in [5, 5.41) is 3.21. The molecule has 5 nitrogen and oxygen atoms in total. The molecule has 0 fully saturated rings. The van der Waals surface area contributed by atoms with Gasteiger partial charge in [0.25, 0.3) is 5.56 Å². The van der Waals surface area contributed by atoms with Crippen LogP contribution >= 0.6 is 0 Å². The van der Waals surface area contributed by atoms with Crippen LogP contribution in [0.5, 0.6) is 0 Å². The summed E-state index contributed by atoms with van der Waals surface area (Å²) >= 11 is 0. The van der Waals surface area contributed by atoms with Crippen LogP contribution in [0.4, 0.5) is 5.69 Å². The molecule has 2 aromatic rings. The van der Waals surface area contributed by atoms with Crippen molar-refractivity contribution in [2.45, 2.75) is 13.5 Å². The summed E-state index contributed by atoms with van der Waals surface area (Å²) in [6.45, 7) is 3.33. The van der Waals surface area contributed by atoms with Gasteiger partial charge in [-0.15, -0.1) is 0 Å². The van der Waals surface area contributed by atoms with E-state index in [0.29, 0.717) is 6.54 Å². The predicted octanol–water partition coefficient (Wildman–Crippen LogP) is 1.12. The standard InChI is InChI=1S/C12H14N4O/c1-2-14-10-3-6-15-11(7-10)8-16-9-13-5-4-12(16)17/h3-7,9H,2,8H2,1H3,(H,14,15). The fourth-order valence-corrected chi connectivity index (χ4v) is 1.55. The maximum atomic E-state index is 11.5. The first kappa shape index (κ1) is 11.3. The van der Waals surface area contributed by atoms with Gasteiger partial charge >= 0.3 is 0 Å². The van der Waals surface area contributed by atoms with E-state index in [0.717, 1.165) is 17.9 Å². The molecule has 0 saturated carbocycles. The zero-order chi connectivity index (χ0) is 12.1. The topological polar surface area (TPSA) is 59.8 Å². The van der Waals surface area contributed by atoms with Crippen LogP contribution in [-0.2, 0) is 6.54 Å². The van der Waals surface area contributed by atoms with E-state index in [1.54, 1.807) is 6.20 Å². The highest BCUT2D eigenvalue weighted by atomic mass is 16.1. The van der Waals surface area contributed by atoms with Crippen LogP contribution in [0.25, 0.3) is 0 Å². The van der Waals surface area contributed by atoms with E-state index >= 15 is 0 Å². The Bertz CT molecular complexity index is 550. The molecule has 0 aromatic carbocycles. The van der Waals surface area contributed by atoms with Gasteiger partial charge in [-0.05, 0) is 19.1 Å². The third-order valence-corrected chi connectivity index (χ3v) is 2.32. The van der Waals surface area contributed by atoms with Gasteiger partial charge in [0.2, 0.25) is 0 Å². The Morgan fingerprint density at radius 1 is 1.35 bits per heavy atom. The van der Waals surface area contributed by atoms with Crippen LogP contribution in [-0.4, -0.2) is 21.1 Å². The number of nitrogens with zero attached hydrogens (tertiary/aromatic N) is 3. The molecule has 0 saturated heterocycles. The average molecular weight is 230 g/mol. The molecule has 17 heavy (non-hydrogen) atoms. The van der Waals surface area contributed by atoms with Crippen molar-refractivity contribution in [3.8, 4) is 0 Å². The molecule has 2 heterocycles. The van der Waals surface area contributed by atoms with Crippen molar-refractivity contribution in [2.75, 3.05) is 11.9 Å². The molecule has 1 N–H and O–H groups in total. The molecule has 0 amide bonds. The van der Waals surface area contributed by atoms with Crippen molar-refractivity contribution in [1.29, 1.82) is 0 Å². The van der Waals surface area contributed by atoms with Gasteiger partial charge in [0.05, 0.1) is 18.6 Å². The van der Waals surface area contributed by atoms with E-state index < -0.39 is 0 Å². The van der Waals surface area contributed by atoms with E-state index in [2.05, 4.69) is 15.3 Å². The summed E-state index contributed by atoms with van der Waals surface area (Å²) < 4.78 is 1.53. The molecular weight excluding hydrogens is 216 g/mol. The summed E-state index contributed by atoms with van der Waals surface area (Å²) in [5.41, 5.74) is 1.77. The number of hydrogen-bond acceptors (Lipinski definition) is 4. The second-order valence-electron chi connectivity index (χ2n) is 3.61. The molecular formula is C12H14N4O. The van der Waals surface area contributed by atoms with Gasteiger partial charge in [-0.1, -0.05) is 0 Å². The quantitative estimate of drug-likeness (QED) is 0.855. The number of hydrogen-bond donors (Lipinski definition) is 1. The first-order valence-corrected chi connectivity index (χ1v) is 5.49. The highest BCUT2D eigenvalue weighted by Crippen LogP contribution is 2.07. The monoisotopic (exact) mass is 230 g/mol. The van der Waals surface area contributed by atoms with Gasteiger partial charge in [0, 0.05) is 30.7 Å². The zero-order valence-corrected chi connectivity index (χ0v) is 9.63. The number of pyridine rings is 1. The van der Waals surface area contributed by atoms with Crippen LogP contribution in [0, 0.1) is 0 Å². The summed E-state index contributed by atoms with van der Waals surface area (Å²) in [7, 11) is 0. The van der Waals surface area contributed by atoms with Gasteiger partial charge < -0.3 is 5.32 Å². The van der Waals surface area contributed by atoms with Crippen molar-refractivity contribution < 1.29 is 0 Å².